The zero-order chi connectivity index (χ0) is 20.5. The van der Waals surface area contributed by atoms with Gasteiger partial charge in [-0.15, -0.1) is 0 Å². The van der Waals surface area contributed by atoms with Gasteiger partial charge in [-0.2, -0.15) is 0 Å². The number of aliphatic hydroxyl groups excluding tert-OH is 1. The fourth-order valence-electron chi connectivity index (χ4n) is 2.49. The zero-order valence-electron chi connectivity index (χ0n) is 16.7. The first-order valence-corrected chi connectivity index (χ1v) is 11.5. The lowest BCUT2D eigenvalue weighted by atomic mass is 10.1. The van der Waals surface area contributed by atoms with Gasteiger partial charge in [0.15, 0.2) is 0 Å². The minimum Gasteiger partial charge on any atom is -0.396 e. The number of rotatable bonds is 12. The van der Waals surface area contributed by atoms with Crippen molar-refractivity contribution in [3.63, 3.8) is 0 Å². The van der Waals surface area contributed by atoms with Gasteiger partial charge in [-0.1, -0.05) is 88.3 Å². The number of aliphatic hydroxyl groups is 1. The van der Waals surface area contributed by atoms with E-state index in [0.29, 0.717) is 6.61 Å². The van der Waals surface area contributed by atoms with Crippen LogP contribution < -0.4 is 9.05 Å². The fraction of sp³-hybridized carbons (Fsp3) is 0.455. The summed E-state index contributed by atoms with van der Waals surface area (Å²) in [5, 5.41) is 8.51. The van der Waals surface area contributed by atoms with Crippen molar-refractivity contribution in [1.82, 2.24) is 0 Å². The maximum atomic E-state index is 11.7. The Labute approximate surface area is 169 Å². The van der Waals surface area contributed by atoms with Crippen LogP contribution in [0.1, 0.15) is 58.3 Å². The first-order chi connectivity index (χ1) is 13.6. The van der Waals surface area contributed by atoms with Crippen LogP contribution in [0.2, 0.25) is 0 Å². The molecule has 0 aliphatic heterocycles. The molecule has 0 spiro atoms. The van der Waals surface area contributed by atoms with Crippen molar-refractivity contribution < 1.29 is 23.6 Å². The van der Waals surface area contributed by atoms with Gasteiger partial charge in [0.1, 0.15) is 11.5 Å². The van der Waals surface area contributed by atoms with Gasteiger partial charge in [0.25, 0.3) is 0 Å². The van der Waals surface area contributed by atoms with Gasteiger partial charge < -0.3 is 14.2 Å². The summed E-state index contributed by atoms with van der Waals surface area (Å²) in [5.74, 6) is 0.573. The Kier molecular flexibility index (Phi) is 13.1. The van der Waals surface area contributed by atoms with Gasteiger partial charge in [0.05, 0.1) is 0 Å². The molecule has 0 radical (unpaired) electrons. The van der Waals surface area contributed by atoms with Gasteiger partial charge in [-0.25, -0.2) is 4.57 Å². The number of unbranched alkanes of at least 4 members (excludes halogenated alkanes) is 7. The van der Waals surface area contributed by atoms with Crippen molar-refractivity contribution in [3.05, 3.63) is 60.7 Å². The summed E-state index contributed by atoms with van der Waals surface area (Å²) >= 11 is 0. The molecule has 2 N–H and O–H groups in total. The van der Waals surface area contributed by atoms with Crippen LogP contribution in [0.3, 0.4) is 0 Å². The minimum absolute atomic E-state index is 0.286. The first-order valence-electron chi connectivity index (χ1n) is 10.0. The van der Waals surface area contributed by atoms with Gasteiger partial charge in [0, 0.05) is 6.61 Å². The normalized spacial score (nSPS) is 10.7. The second-order valence-corrected chi connectivity index (χ2v) is 7.78. The van der Waals surface area contributed by atoms with Gasteiger partial charge >= 0.3 is 7.82 Å². The molecule has 2 rings (SSSR count). The molecular formula is C22H33O5P. The summed E-state index contributed by atoms with van der Waals surface area (Å²) in [7, 11) is -4.14. The summed E-state index contributed by atoms with van der Waals surface area (Å²) in [5.41, 5.74) is 0. The number of phosphoric acid groups is 1. The fourth-order valence-corrected chi connectivity index (χ4v) is 3.31. The standard InChI is InChI=1S/C12H11O4P.C10H22O/c13-17(14,15-11-7-3-1-4-8-11)16-12-9-5-2-6-10-12;1-2-3-4-5-6-7-8-9-10-11/h1-10H,(H,13,14);11H,2-10H2,1H3. The summed E-state index contributed by atoms with van der Waals surface area (Å²) in [6.07, 6.45) is 10.4. The molecule has 2 aromatic rings. The molecule has 2 aromatic carbocycles. The topological polar surface area (TPSA) is 76.0 Å². The third-order valence-electron chi connectivity index (χ3n) is 3.94. The smallest absolute Gasteiger partial charge is 0.396 e. The van der Waals surface area contributed by atoms with E-state index in [-0.39, 0.29) is 11.5 Å². The molecule has 0 aliphatic rings. The zero-order valence-corrected chi connectivity index (χ0v) is 17.6. The summed E-state index contributed by atoms with van der Waals surface area (Å²) in [4.78, 5) is 9.53. The van der Waals surface area contributed by atoms with E-state index >= 15 is 0 Å². The van der Waals surface area contributed by atoms with Crippen LogP contribution in [-0.2, 0) is 4.57 Å². The Balaban J connectivity index is 0.000000311. The van der Waals surface area contributed by atoms with Crippen LogP contribution in [-0.4, -0.2) is 16.6 Å². The van der Waals surface area contributed by atoms with Gasteiger partial charge in [-0.05, 0) is 30.7 Å². The molecule has 5 nitrogen and oxygen atoms in total. The van der Waals surface area contributed by atoms with E-state index in [9.17, 15) is 9.46 Å². The molecule has 28 heavy (non-hydrogen) atoms. The first kappa shape index (κ1) is 24.2. The van der Waals surface area contributed by atoms with Gasteiger partial charge in [-0.3, -0.25) is 4.89 Å². The maximum Gasteiger partial charge on any atom is 0.584 e. The van der Waals surface area contributed by atoms with Crippen molar-refractivity contribution >= 4 is 7.82 Å². The quantitative estimate of drug-likeness (QED) is 0.315. The SMILES string of the molecule is CCCCCCCCCCO.O=P(O)(Oc1ccccc1)Oc1ccccc1. The second-order valence-electron chi connectivity index (χ2n) is 6.48. The number of hydrogen-bond donors (Lipinski definition) is 2. The maximum absolute atomic E-state index is 11.7. The number of phosphoric ester groups is 1. The Bertz CT molecular complexity index is 595. The lowest BCUT2D eigenvalue weighted by Gasteiger charge is -2.13. The summed E-state index contributed by atoms with van der Waals surface area (Å²) in [6.45, 7) is 2.61. The minimum atomic E-state index is -4.14. The molecular weight excluding hydrogens is 375 g/mol. The molecule has 0 saturated carbocycles. The largest absolute Gasteiger partial charge is 0.584 e. The van der Waals surface area contributed by atoms with Crippen molar-refractivity contribution in [2.75, 3.05) is 6.61 Å². The highest BCUT2D eigenvalue weighted by atomic mass is 31.2. The van der Waals surface area contributed by atoms with E-state index in [0.717, 1.165) is 6.42 Å². The van der Waals surface area contributed by atoms with Crippen LogP contribution in [0.15, 0.2) is 60.7 Å². The Morgan fingerprint density at radius 2 is 1.11 bits per heavy atom. The molecule has 6 heteroatoms. The van der Waals surface area contributed by atoms with Crippen molar-refractivity contribution in [2.24, 2.45) is 0 Å². The van der Waals surface area contributed by atoms with E-state index < -0.39 is 7.82 Å². The Morgan fingerprint density at radius 3 is 1.50 bits per heavy atom. The van der Waals surface area contributed by atoms with Crippen LogP contribution >= 0.6 is 7.82 Å². The number of hydrogen-bond acceptors (Lipinski definition) is 4. The highest BCUT2D eigenvalue weighted by Gasteiger charge is 2.24. The molecule has 156 valence electrons. The monoisotopic (exact) mass is 408 g/mol. The van der Waals surface area contributed by atoms with Crippen LogP contribution in [0.25, 0.3) is 0 Å². The number of benzene rings is 2. The Hall–Kier alpha value is -1.81. The second kappa shape index (κ2) is 15.2. The molecule has 0 atom stereocenters. The van der Waals surface area contributed by atoms with Crippen molar-refractivity contribution in [2.45, 2.75) is 58.3 Å². The van der Waals surface area contributed by atoms with Crippen molar-refractivity contribution in [1.29, 1.82) is 0 Å². The molecule has 0 unspecified atom stereocenters. The highest BCUT2D eigenvalue weighted by Crippen LogP contribution is 2.44. The lowest BCUT2D eigenvalue weighted by molar-refractivity contribution is 0.282. The molecule has 0 bridgehead atoms. The molecule has 0 heterocycles. The van der Waals surface area contributed by atoms with Crippen LogP contribution in [0.5, 0.6) is 11.5 Å². The van der Waals surface area contributed by atoms with Crippen LogP contribution in [0, 0.1) is 0 Å². The van der Waals surface area contributed by atoms with E-state index in [1.165, 1.54) is 44.9 Å². The molecule has 0 fully saturated rings. The highest BCUT2D eigenvalue weighted by molar-refractivity contribution is 7.48. The number of para-hydroxylation sites is 2. The van der Waals surface area contributed by atoms with E-state index in [4.69, 9.17) is 14.2 Å². The molecule has 0 amide bonds. The Morgan fingerprint density at radius 1 is 0.714 bits per heavy atom. The van der Waals surface area contributed by atoms with E-state index in [2.05, 4.69) is 6.92 Å². The predicted octanol–water partition coefficient (Wildman–Crippen LogP) is 6.36. The summed E-state index contributed by atoms with van der Waals surface area (Å²) < 4.78 is 21.5. The predicted molar refractivity (Wildman–Crippen MR) is 114 cm³/mol. The average Bonchev–Trinajstić information content (AvgIpc) is 2.69. The van der Waals surface area contributed by atoms with Crippen LogP contribution in [0.4, 0.5) is 0 Å². The third-order valence-corrected chi connectivity index (χ3v) is 4.82. The molecule has 0 aromatic heterocycles. The van der Waals surface area contributed by atoms with E-state index in [1.54, 1.807) is 60.7 Å². The third kappa shape index (κ3) is 12.6. The lowest BCUT2D eigenvalue weighted by Crippen LogP contribution is -1.99. The molecule has 0 saturated heterocycles. The van der Waals surface area contributed by atoms with Crippen molar-refractivity contribution in [3.8, 4) is 11.5 Å². The summed E-state index contributed by atoms with van der Waals surface area (Å²) in [6, 6.07) is 16.7. The van der Waals surface area contributed by atoms with Gasteiger partial charge in [0.2, 0.25) is 0 Å². The van der Waals surface area contributed by atoms with E-state index in [1.807, 2.05) is 0 Å². The average molecular weight is 408 g/mol. The molecule has 0 aliphatic carbocycles.